The largest absolute Gasteiger partial charge is 0.462 e. The summed E-state index contributed by atoms with van der Waals surface area (Å²) in [4.78, 5) is 22.1. The number of methoxy groups -OCH3 is 1. The van der Waals surface area contributed by atoms with Crippen LogP contribution >= 0.6 is 0 Å². The SMILES string of the molecule is COC(=O)C(=O)NCc1cc(C)c(C)cc1C. The molecule has 0 aliphatic rings. The summed E-state index contributed by atoms with van der Waals surface area (Å²) < 4.78 is 4.32. The Labute approximate surface area is 101 Å². The van der Waals surface area contributed by atoms with Crippen LogP contribution in [-0.2, 0) is 20.9 Å². The van der Waals surface area contributed by atoms with Gasteiger partial charge in [0.2, 0.25) is 0 Å². The minimum absolute atomic E-state index is 0.334. The van der Waals surface area contributed by atoms with Gasteiger partial charge in [-0.05, 0) is 43.0 Å². The van der Waals surface area contributed by atoms with Gasteiger partial charge in [0, 0.05) is 6.54 Å². The van der Waals surface area contributed by atoms with Crippen molar-refractivity contribution in [1.82, 2.24) is 5.32 Å². The number of hydrogen-bond acceptors (Lipinski definition) is 3. The average Bonchev–Trinajstić information content (AvgIpc) is 2.30. The van der Waals surface area contributed by atoms with Crippen molar-refractivity contribution >= 4 is 11.9 Å². The summed E-state index contributed by atoms with van der Waals surface area (Å²) in [7, 11) is 1.18. The van der Waals surface area contributed by atoms with Crippen LogP contribution in [0.5, 0.6) is 0 Å². The summed E-state index contributed by atoms with van der Waals surface area (Å²) >= 11 is 0. The van der Waals surface area contributed by atoms with E-state index in [1.807, 2.05) is 26.8 Å². The smallest absolute Gasteiger partial charge is 0.396 e. The molecule has 0 heterocycles. The maximum Gasteiger partial charge on any atom is 0.396 e. The van der Waals surface area contributed by atoms with Crippen LogP contribution in [0.1, 0.15) is 22.3 Å². The van der Waals surface area contributed by atoms with Gasteiger partial charge >= 0.3 is 11.9 Å². The lowest BCUT2D eigenvalue weighted by Crippen LogP contribution is -2.31. The third kappa shape index (κ3) is 3.31. The zero-order valence-corrected chi connectivity index (χ0v) is 10.6. The van der Waals surface area contributed by atoms with E-state index < -0.39 is 11.9 Å². The highest BCUT2D eigenvalue weighted by Crippen LogP contribution is 2.14. The van der Waals surface area contributed by atoms with Gasteiger partial charge in [-0.3, -0.25) is 4.79 Å². The Bertz CT molecular complexity index is 452. The van der Waals surface area contributed by atoms with E-state index in [9.17, 15) is 9.59 Å². The van der Waals surface area contributed by atoms with E-state index in [4.69, 9.17) is 0 Å². The molecule has 0 radical (unpaired) electrons. The van der Waals surface area contributed by atoms with Gasteiger partial charge in [-0.1, -0.05) is 12.1 Å². The molecule has 0 saturated heterocycles. The van der Waals surface area contributed by atoms with E-state index >= 15 is 0 Å². The van der Waals surface area contributed by atoms with Gasteiger partial charge in [0.15, 0.2) is 0 Å². The molecule has 0 aromatic heterocycles. The number of esters is 1. The van der Waals surface area contributed by atoms with Gasteiger partial charge in [-0.2, -0.15) is 0 Å². The maximum atomic E-state index is 11.2. The molecular formula is C13H17NO3. The van der Waals surface area contributed by atoms with Crippen molar-refractivity contribution in [2.45, 2.75) is 27.3 Å². The molecule has 1 rings (SSSR count). The van der Waals surface area contributed by atoms with E-state index in [1.165, 1.54) is 12.7 Å². The van der Waals surface area contributed by atoms with Gasteiger partial charge < -0.3 is 10.1 Å². The summed E-state index contributed by atoms with van der Waals surface area (Å²) in [6.07, 6.45) is 0. The Kier molecular flexibility index (Phi) is 4.26. The van der Waals surface area contributed by atoms with Crippen molar-refractivity contribution in [2.75, 3.05) is 7.11 Å². The van der Waals surface area contributed by atoms with Crippen LogP contribution in [0.3, 0.4) is 0 Å². The average molecular weight is 235 g/mol. The Morgan fingerprint density at radius 3 is 2.29 bits per heavy atom. The van der Waals surface area contributed by atoms with Crippen molar-refractivity contribution in [3.63, 3.8) is 0 Å². The highest BCUT2D eigenvalue weighted by atomic mass is 16.5. The van der Waals surface area contributed by atoms with Crippen LogP contribution in [-0.4, -0.2) is 19.0 Å². The molecule has 1 aromatic carbocycles. The molecule has 0 aliphatic heterocycles. The topological polar surface area (TPSA) is 55.4 Å². The van der Waals surface area contributed by atoms with Crippen LogP contribution < -0.4 is 5.32 Å². The van der Waals surface area contributed by atoms with Gasteiger partial charge in [0.25, 0.3) is 0 Å². The molecule has 1 N–H and O–H groups in total. The summed E-state index contributed by atoms with van der Waals surface area (Å²) in [5.41, 5.74) is 4.48. The monoisotopic (exact) mass is 235 g/mol. The molecule has 4 heteroatoms. The van der Waals surface area contributed by atoms with E-state index in [0.717, 1.165) is 16.7 Å². The van der Waals surface area contributed by atoms with Gasteiger partial charge in [0.05, 0.1) is 7.11 Å². The molecule has 0 spiro atoms. The van der Waals surface area contributed by atoms with Gasteiger partial charge in [-0.25, -0.2) is 4.79 Å². The third-order valence-electron chi connectivity index (χ3n) is 2.76. The fourth-order valence-corrected chi connectivity index (χ4v) is 1.55. The zero-order valence-electron chi connectivity index (χ0n) is 10.6. The molecule has 1 aromatic rings. The number of carbonyl (C=O) groups is 2. The van der Waals surface area contributed by atoms with Crippen LogP contribution in [0.15, 0.2) is 12.1 Å². The van der Waals surface area contributed by atoms with Crippen molar-refractivity contribution in [2.24, 2.45) is 0 Å². The number of hydrogen-bond donors (Lipinski definition) is 1. The van der Waals surface area contributed by atoms with E-state index in [-0.39, 0.29) is 0 Å². The fourth-order valence-electron chi connectivity index (χ4n) is 1.55. The van der Waals surface area contributed by atoms with E-state index in [0.29, 0.717) is 6.54 Å². The second-order valence-electron chi connectivity index (χ2n) is 4.04. The highest BCUT2D eigenvalue weighted by Gasteiger charge is 2.13. The van der Waals surface area contributed by atoms with Crippen molar-refractivity contribution < 1.29 is 14.3 Å². The molecule has 0 saturated carbocycles. The second-order valence-corrected chi connectivity index (χ2v) is 4.04. The standard InChI is InChI=1S/C13H17NO3/c1-8-5-10(3)11(6-9(8)2)7-14-12(15)13(16)17-4/h5-6H,7H2,1-4H3,(H,14,15). The molecule has 92 valence electrons. The quantitative estimate of drug-likeness (QED) is 0.622. The number of benzene rings is 1. The predicted molar refractivity (Wildman–Crippen MR) is 64.5 cm³/mol. The number of carbonyl (C=O) groups excluding carboxylic acids is 2. The molecular weight excluding hydrogens is 218 g/mol. The van der Waals surface area contributed by atoms with Crippen molar-refractivity contribution in [1.29, 1.82) is 0 Å². The molecule has 0 atom stereocenters. The summed E-state index contributed by atoms with van der Waals surface area (Å²) in [6, 6.07) is 4.08. The lowest BCUT2D eigenvalue weighted by atomic mass is 10.0. The van der Waals surface area contributed by atoms with E-state index in [2.05, 4.69) is 16.1 Å². The van der Waals surface area contributed by atoms with Crippen LogP contribution in [0.2, 0.25) is 0 Å². The Hall–Kier alpha value is -1.84. The molecule has 0 unspecified atom stereocenters. The maximum absolute atomic E-state index is 11.2. The zero-order chi connectivity index (χ0) is 13.0. The minimum Gasteiger partial charge on any atom is -0.462 e. The predicted octanol–water partition coefficient (Wildman–Crippen LogP) is 1.40. The molecule has 4 nitrogen and oxygen atoms in total. The Morgan fingerprint density at radius 2 is 1.71 bits per heavy atom. The highest BCUT2D eigenvalue weighted by molar-refractivity contribution is 6.32. The molecule has 0 bridgehead atoms. The first-order valence-corrected chi connectivity index (χ1v) is 5.38. The lowest BCUT2D eigenvalue weighted by Gasteiger charge is -2.10. The number of ether oxygens (including phenoxy) is 1. The van der Waals surface area contributed by atoms with Gasteiger partial charge in [0.1, 0.15) is 0 Å². The molecule has 1 amide bonds. The number of aryl methyl sites for hydroxylation is 3. The Morgan fingerprint density at radius 1 is 1.12 bits per heavy atom. The first-order chi connectivity index (χ1) is 7.95. The summed E-state index contributed by atoms with van der Waals surface area (Å²) in [5, 5.41) is 2.52. The van der Waals surface area contributed by atoms with Crippen molar-refractivity contribution in [3.8, 4) is 0 Å². The summed E-state index contributed by atoms with van der Waals surface area (Å²) in [6.45, 7) is 6.37. The first-order valence-electron chi connectivity index (χ1n) is 5.38. The number of rotatable bonds is 2. The van der Waals surface area contributed by atoms with Crippen LogP contribution in [0, 0.1) is 20.8 Å². The Balaban J connectivity index is 2.73. The lowest BCUT2D eigenvalue weighted by molar-refractivity contribution is -0.152. The molecule has 0 aliphatic carbocycles. The van der Waals surface area contributed by atoms with Gasteiger partial charge in [-0.15, -0.1) is 0 Å². The summed E-state index contributed by atoms with van der Waals surface area (Å²) in [5.74, 6) is -1.59. The number of nitrogens with one attached hydrogen (secondary N) is 1. The van der Waals surface area contributed by atoms with Crippen molar-refractivity contribution in [3.05, 3.63) is 34.4 Å². The van der Waals surface area contributed by atoms with Crippen LogP contribution in [0.4, 0.5) is 0 Å². The van der Waals surface area contributed by atoms with Crippen LogP contribution in [0.25, 0.3) is 0 Å². The third-order valence-corrected chi connectivity index (χ3v) is 2.76. The minimum atomic E-state index is -0.869. The fraction of sp³-hybridized carbons (Fsp3) is 0.385. The number of amides is 1. The second kappa shape index (κ2) is 5.48. The molecule has 0 fully saturated rings. The normalized spacial score (nSPS) is 9.88. The van der Waals surface area contributed by atoms with E-state index in [1.54, 1.807) is 0 Å². The molecule has 17 heavy (non-hydrogen) atoms. The first kappa shape index (κ1) is 13.2.